The molecule has 2 aromatic carbocycles. The van der Waals surface area contributed by atoms with Gasteiger partial charge < -0.3 is 14.5 Å². The van der Waals surface area contributed by atoms with E-state index in [0.29, 0.717) is 5.91 Å². The van der Waals surface area contributed by atoms with Gasteiger partial charge in [0.05, 0.1) is 6.61 Å². The molecule has 4 heteroatoms. The van der Waals surface area contributed by atoms with Crippen LogP contribution < -0.4 is 4.74 Å². The quantitative estimate of drug-likeness (QED) is 0.322. The second kappa shape index (κ2) is 14.8. The summed E-state index contributed by atoms with van der Waals surface area (Å²) in [4.78, 5) is 17.5. The highest BCUT2D eigenvalue weighted by atomic mass is 16.5. The summed E-state index contributed by atoms with van der Waals surface area (Å²) in [6, 6.07) is 19.1. The van der Waals surface area contributed by atoms with Crippen LogP contribution in [-0.2, 0) is 17.6 Å². The van der Waals surface area contributed by atoms with E-state index in [-0.39, 0.29) is 5.92 Å². The predicted molar refractivity (Wildman–Crippen MR) is 141 cm³/mol. The van der Waals surface area contributed by atoms with Crippen molar-refractivity contribution in [3.8, 4) is 5.75 Å². The number of hydrogen-bond donors (Lipinski definition) is 0. The molecule has 0 radical (unpaired) electrons. The van der Waals surface area contributed by atoms with Crippen LogP contribution in [0.2, 0.25) is 0 Å². The second-order valence-electron chi connectivity index (χ2n) is 9.59. The monoisotopic (exact) mass is 464 g/mol. The van der Waals surface area contributed by atoms with Gasteiger partial charge in [0.15, 0.2) is 0 Å². The van der Waals surface area contributed by atoms with E-state index in [4.69, 9.17) is 4.74 Å². The lowest BCUT2D eigenvalue weighted by Gasteiger charge is -2.34. The van der Waals surface area contributed by atoms with Crippen LogP contribution in [0.1, 0.15) is 63.5 Å². The molecule has 0 aliphatic carbocycles. The number of carbonyl (C=O) groups excluding carboxylic acids is 1. The number of unbranched alkanes of at least 4 members (excludes halogenated alkanes) is 1. The molecule has 0 atom stereocenters. The Morgan fingerprint density at radius 2 is 1.59 bits per heavy atom. The number of piperidine rings is 1. The van der Waals surface area contributed by atoms with Gasteiger partial charge in [-0.2, -0.15) is 0 Å². The number of rotatable bonds is 14. The lowest BCUT2D eigenvalue weighted by molar-refractivity contribution is -0.137. The van der Waals surface area contributed by atoms with Gasteiger partial charge in [-0.05, 0) is 88.2 Å². The van der Waals surface area contributed by atoms with E-state index in [2.05, 4.69) is 78.2 Å². The van der Waals surface area contributed by atoms with Gasteiger partial charge in [0.2, 0.25) is 5.91 Å². The first-order chi connectivity index (χ1) is 16.7. The van der Waals surface area contributed by atoms with Gasteiger partial charge in [-0.3, -0.25) is 4.79 Å². The van der Waals surface area contributed by atoms with Gasteiger partial charge in [0.1, 0.15) is 5.75 Å². The van der Waals surface area contributed by atoms with Crippen LogP contribution in [0.3, 0.4) is 0 Å². The van der Waals surface area contributed by atoms with E-state index < -0.39 is 0 Å². The maximum atomic E-state index is 12.9. The van der Waals surface area contributed by atoms with Crippen molar-refractivity contribution in [3.05, 3.63) is 65.7 Å². The van der Waals surface area contributed by atoms with E-state index in [9.17, 15) is 4.79 Å². The molecule has 0 bridgehead atoms. The summed E-state index contributed by atoms with van der Waals surface area (Å²) in [5.41, 5.74) is 2.66. The lowest BCUT2D eigenvalue weighted by Crippen LogP contribution is -2.43. The molecular weight excluding hydrogens is 420 g/mol. The number of likely N-dealkylation sites (tertiary alicyclic amines) is 1. The Kier molecular flexibility index (Phi) is 11.5. The van der Waals surface area contributed by atoms with E-state index in [1.165, 1.54) is 11.1 Å². The van der Waals surface area contributed by atoms with Gasteiger partial charge >= 0.3 is 0 Å². The average Bonchev–Trinajstić information content (AvgIpc) is 2.88. The third kappa shape index (κ3) is 8.47. The first-order valence-corrected chi connectivity index (χ1v) is 13.5. The van der Waals surface area contributed by atoms with Crippen LogP contribution in [0.4, 0.5) is 0 Å². The van der Waals surface area contributed by atoms with Crippen LogP contribution in [0, 0.1) is 5.92 Å². The van der Waals surface area contributed by atoms with E-state index in [0.717, 1.165) is 96.4 Å². The van der Waals surface area contributed by atoms with Crippen molar-refractivity contribution in [2.45, 2.75) is 65.2 Å². The number of hydrogen-bond acceptors (Lipinski definition) is 3. The Bertz CT molecular complexity index is 825. The SMILES string of the molecule is CCCN(CCC)C(=O)C1CCN(CCCCOc2ccccc2CCc2ccccc2)CC1. The van der Waals surface area contributed by atoms with Crippen molar-refractivity contribution in [1.29, 1.82) is 0 Å². The number of para-hydroxylation sites is 1. The van der Waals surface area contributed by atoms with E-state index >= 15 is 0 Å². The molecule has 1 fully saturated rings. The zero-order valence-corrected chi connectivity index (χ0v) is 21.4. The highest BCUT2D eigenvalue weighted by molar-refractivity contribution is 5.79. The fourth-order valence-electron chi connectivity index (χ4n) is 4.93. The van der Waals surface area contributed by atoms with E-state index in [1.807, 2.05) is 0 Å². The Morgan fingerprint density at radius 3 is 2.29 bits per heavy atom. The second-order valence-corrected chi connectivity index (χ2v) is 9.59. The van der Waals surface area contributed by atoms with E-state index in [1.54, 1.807) is 0 Å². The number of nitrogens with zero attached hydrogens (tertiary/aromatic N) is 2. The predicted octanol–water partition coefficient (Wildman–Crippen LogP) is 5.99. The molecule has 0 N–H and O–H groups in total. The molecule has 34 heavy (non-hydrogen) atoms. The standard InChI is InChI=1S/C30H44N2O2/c1-3-20-32(21-4-2)30(33)28-18-23-31(24-19-28)22-10-11-25-34-29-15-9-8-14-27(29)17-16-26-12-6-5-7-13-26/h5-9,12-15,28H,3-4,10-11,16-25H2,1-2H3. The average molecular weight is 465 g/mol. The fraction of sp³-hybridized carbons (Fsp3) is 0.567. The first kappa shape index (κ1) is 26.3. The summed E-state index contributed by atoms with van der Waals surface area (Å²) in [5.74, 6) is 1.65. The zero-order valence-electron chi connectivity index (χ0n) is 21.4. The molecule has 1 amide bonds. The number of amides is 1. The number of aryl methyl sites for hydroxylation is 2. The van der Waals surface area contributed by atoms with Gasteiger partial charge in [-0.1, -0.05) is 62.4 Å². The first-order valence-electron chi connectivity index (χ1n) is 13.5. The molecule has 4 nitrogen and oxygen atoms in total. The molecule has 186 valence electrons. The topological polar surface area (TPSA) is 32.8 Å². The Hall–Kier alpha value is -2.33. The molecule has 0 spiro atoms. The minimum Gasteiger partial charge on any atom is -0.493 e. The summed E-state index contributed by atoms with van der Waals surface area (Å²) in [6.07, 6.45) is 8.35. The minimum absolute atomic E-state index is 0.227. The van der Waals surface area contributed by atoms with Gasteiger partial charge in [0, 0.05) is 19.0 Å². The summed E-state index contributed by atoms with van der Waals surface area (Å²) in [5, 5.41) is 0. The largest absolute Gasteiger partial charge is 0.493 e. The molecule has 2 aromatic rings. The van der Waals surface area contributed by atoms with Crippen LogP contribution in [0.25, 0.3) is 0 Å². The van der Waals surface area contributed by atoms with Crippen molar-refractivity contribution < 1.29 is 9.53 Å². The van der Waals surface area contributed by atoms with Crippen molar-refractivity contribution in [2.24, 2.45) is 5.92 Å². The maximum absolute atomic E-state index is 12.9. The van der Waals surface area contributed by atoms with Crippen molar-refractivity contribution in [2.75, 3.05) is 39.3 Å². The maximum Gasteiger partial charge on any atom is 0.225 e. The molecule has 0 aromatic heterocycles. The molecule has 1 aliphatic heterocycles. The molecule has 0 saturated carbocycles. The highest BCUT2D eigenvalue weighted by Gasteiger charge is 2.27. The van der Waals surface area contributed by atoms with Crippen LogP contribution >= 0.6 is 0 Å². The molecule has 1 saturated heterocycles. The zero-order chi connectivity index (χ0) is 24.0. The number of benzene rings is 2. The van der Waals surface area contributed by atoms with Gasteiger partial charge in [0.25, 0.3) is 0 Å². The lowest BCUT2D eigenvalue weighted by atomic mass is 9.95. The Labute approximate surface area is 207 Å². The molecule has 3 rings (SSSR count). The summed E-state index contributed by atoms with van der Waals surface area (Å²) in [6.45, 7) is 10.1. The third-order valence-corrected chi connectivity index (χ3v) is 6.86. The third-order valence-electron chi connectivity index (χ3n) is 6.86. The highest BCUT2D eigenvalue weighted by Crippen LogP contribution is 2.22. The molecule has 0 unspecified atom stereocenters. The Morgan fingerprint density at radius 1 is 0.912 bits per heavy atom. The van der Waals surface area contributed by atoms with Crippen molar-refractivity contribution >= 4 is 5.91 Å². The van der Waals surface area contributed by atoms with Crippen LogP contribution in [0.5, 0.6) is 5.75 Å². The smallest absolute Gasteiger partial charge is 0.225 e. The fourth-order valence-corrected chi connectivity index (χ4v) is 4.93. The van der Waals surface area contributed by atoms with Crippen molar-refractivity contribution in [1.82, 2.24) is 9.80 Å². The van der Waals surface area contributed by atoms with Gasteiger partial charge in [-0.25, -0.2) is 0 Å². The molecular formula is C30H44N2O2. The van der Waals surface area contributed by atoms with Gasteiger partial charge in [-0.15, -0.1) is 0 Å². The summed E-state index contributed by atoms with van der Waals surface area (Å²) >= 11 is 0. The van der Waals surface area contributed by atoms with Crippen molar-refractivity contribution in [3.63, 3.8) is 0 Å². The van der Waals surface area contributed by atoms with Crippen LogP contribution in [0.15, 0.2) is 54.6 Å². The molecule has 1 aliphatic rings. The number of ether oxygens (including phenoxy) is 1. The normalized spacial score (nSPS) is 14.8. The molecule has 1 heterocycles. The van der Waals surface area contributed by atoms with Crippen LogP contribution in [-0.4, -0.2) is 55.0 Å². The number of carbonyl (C=O) groups is 1. The minimum atomic E-state index is 0.227. The Balaban J connectivity index is 1.33. The summed E-state index contributed by atoms with van der Waals surface area (Å²) in [7, 11) is 0. The summed E-state index contributed by atoms with van der Waals surface area (Å²) < 4.78 is 6.17.